The van der Waals surface area contributed by atoms with Crippen LogP contribution in [0.1, 0.15) is 12.6 Å². The smallest absolute Gasteiger partial charge is 0.461 e. The van der Waals surface area contributed by atoms with Gasteiger partial charge >= 0.3 is 12.1 Å². The number of carbonyl (C=O) groups excluding carboxylic acids is 2. The van der Waals surface area contributed by atoms with E-state index in [1.165, 1.54) is 29.8 Å². The van der Waals surface area contributed by atoms with Crippen LogP contribution < -0.4 is 5.32 Å². The molecule has 2 aliphatic heterocycles. The van der Waals surface area contributed by atoms with Gasteiger partial charge in [-0.3, -0.25) is 14.5 Å². The highest BCUT2D eigenvalue weighted by Gasteiger charge is 2.53. The molecule has 0 saturated carbocycles. The molecule has 2 aliphatic rings. The monoisotopic (exact) mass is 384 g/mol. The minimum absolute atomic E-state index is 0.124. The molecule has 0 radical (unpaired) electrons. The molecule has 0 bridgehead atoms. The van der Waals surface area contributed by atoms with Crippen molar-refractivity contribution >= 4 is 35.7 Å². The molecule has 4 N–H and O–H groups in total. The molecule has 11 nitrogen and oxygen atoms in total. The van der Waals surface area contributed by atoms with Gasteiger partial charge in [0, 0.05) is 24.4 Å². The molecular weight excluding hydrogens is 368 g/mol. The first-order chi connectivity index (χ1) is 12.4. The van der Waals surface area contributed by atoms with E-state index < -0.39 is 29.4 Å². The Bertz CT molecular complexity index is 777. The SMILES string of the molecule is CC(=O)OCC1=C(OC(=O)O)N2C(=O)C(Nc3nc(CO)c[nH]3)[C@@H]2SC1. The predicted molar refractivity (Wildman–Crippen MR) is 87.8 cm³/mol. The Labute approximate surface area is 151 Å². The molecule has 0 aliphatic carbocycles. The third-order valence-corrected chi connectivity index (χ3v) is 5.05. The molecule has 12 heteroatoms. The van der Waals surface area contributed by atoms with Crippen molar-refractivity contribution in [3.63, 3.8) is 0 Å². The van der Waals surface area contributed by atoms with Crippen LogP contribution in [0.2, 0.25) is 0 Å². The van der Waals surface area contributed by atoms with E-state index in [-0.39, 0.29) is 19.1 Å². The number of fused-ring (bicyclic) bond motifs is 1. The number of carboxylic acid groups (broad SMARTS) is 1. The van der Waals surface area contributed by atoms with Crippen LogP contribution in [0.15, 0.2) is 17.7 Å². The van der Waals surface area contributed by atoms with Crippen LogP contribution in [0, 0.1) is 0 Å². The zero-order chi connectivity index (χ0) is 18.8. The molecule has 1 unspecified atom stereocenters. The van der Waals surface area contributed by atoms with E-state index in [0.29, 0.717) is 23.0 Å². The summed E-state index contributed by atoms with van der Waals surface area (Å²) < 4.78 is 9.67. The number of anilines is 1. The lowest BCUT2D eigenvalue weighted by atomic mass is 10.1. The molecule has 1 aromatic rings. The molecule has 26 heavy (non-hydrogen) atoms. The molecule has 1 amide bonds. The third-order valence-electron chi connectivity index (χ3n) is 3.71. The van der Waals surface area contributed by atoms with Gasteiger partial charge in [0.25, 0.3) is 5.91 Å². The minimum atomic E-state index is -1.56. The number of aromatic amines is 1. The Balaban J connectivity index is 1.76. The van der Waals surface area contributed by atoms with E-state index in [4.69, 9.17) is 19.7 Å². The number of aromatic nitrogens is 2. The number of β-lactam (4-membered cyclic amide) rings is 1. The average molecular weight is 384 g/mol. The topological polar surface area (TPSA) is 154 Å². The van der Waals surface area contributed by atoms with Gasteiger partial charge in [-0.15, -0.1) is 11.8 Å². The zero-order valence-electron chi connectivity index (χ0n) is 13.6. The Hall–Kier alpha value is -2.73. The Morgan fingerprint density at radius 1 is 1.54 bits per heavy atom. The lowest BCUT2D eigenvalue weighted by Crippen LogP contribution is -2.67. The summed E-state index contributed by atoms with van der Waals surface area (Å²) in [5, 5.41) is 20.5. The summed E-state index contributed by atoms with van der Waals surface area (Å²) >= 11 is 1.38. The van der Waals surface area contributed by atoms with E-state index >= 15 is 0 Å². The maximum atomic E-state index is 12.5. The lowest BCUT2D eigenvalue weighted by Gasteiger charge is -2.49. The first-order valence-electron chi connectivity index (χ1n) is 7.53. The molecule has 0 aromatic carbocycles. The van der Waals surface area contributed by atoms with Crippen molar-refractivity contribution in [3.8, 4) is 0 Å². The summed E-state index contributed by atoms with van der Waals surface area (Å²) in [5.41, 5.74) is 0.821. The number of hydrogen-bond acceptors (Lipinski definition) is 9. The molecular formula is C14H16N4O7S. The number of carbonyl (C=O) groups is 3. The van der Waals surface area contributed by atoms with Crippen molar-refractivity contribution < 1.29 is 34.1 Å². The van der Waals surface area contributed by atoms with E-state index in [2.05, 4.69) is 15.3 Å². The zero-order valence-corrected chi connectivity index (χ0v) is 14.4. The van der Waals surface area contributed by atoms with Gasteiger partial charge in [0.2, 0.25) is 11.8 Å². The van der Waals surface area contributed by atoms with Crippen LogP contribution in [-0.4, -0.2) is 66.9 Å². The highest BCUT2D eigenvalue weighted by Crippen LogP contribution is 2.41. The quantitative estimate of drug-likeness (QED) is 0.391. The number of ether oxygens (including phenoxy) is 2. The number of imidazole rings is 1. The van der Waals surface area contributed by atoms with E-state index in [1.807, 2.05) is 0 Å². The lowest BCUT2D eigenvalue weighted by molar-refractivity contribution is -0.143. The molecule has 2 atom stereocenters. The first-order valence-corrected chi connectivity index (χ1v) is 8.58. The van der Waals surface area contributed by atoms with Crippen molar-refractivity contribution in [2.75, 3.05) is 17.7 Å². The maximum Gasteiger partial charge on any atom is 0.512 e. The van der Waals surface area contributed by atoms with Crippen molar-refractivity contribution in [2.24, 2.45) is 0 Å². The summed E-state index contributed by atoms with van der Waals surface area (Å²) in [5.74, 6) is -0.390. The fourth-order valence-corrected chi connectivity index (χ4v) is 3.86. The number of amides is 1. The van der Waals surface area contributed by atoms with Gasteiger partial charge in [-0.25, -0.2) is 9.78 Å². The number of rotatable bonds is 6. The standard InChI is InChI=1S/C14H16N4O7S/c1-6(20)24-4-7-5-26-12-9(17-13-15-2-8(3-19)16-13)10(21)18(12)11(7)25-14(22)23/h2,9,12,19H,3-5H2,1H3,(H,22,23)(H2,15,16,17)/t9?,12-/m0/s1. The molecule has 3 heterocycles. The second kappa shape index (κ2) is 7.25. The molecule has 1 fully saturated rings. The number of nitrogens with one attached hydrogen (secondary N) is 2. The number of aliphatic hydroxyl groups is 1. The fourth-order valence-electron chi connectivity index (χ4n) is 2.56. The number of H-pyrrole nitrogens is 1. The van der Waals surface area contributed by atoms with Gasteiger partial charge < -0.3 is 30.0 Å². The number of aliphatic hydroxyl groups excluding tert-OH is 1. The first kappa shape index (κ1) is 18.1. The third kappa shape index (κ3) is 3.46. The molecule has 1 saturated heterocycles. The van der Waals surface area contributed by atoms with Crippen LogP contribution in [-0.2, 0) is 25.7 Å². The van der Waals surface area contributed by atoms with Crippen molar-refractivity contribution in [1.29, 1.82) is 0 Å². The Kier molecular flexibility index (Phi) is 5.04. The Morgan fingerprint density at radius 3 is 2.92 bits per heavy atom. The Morgan fingerprint density at radius 2 is 2.31 bits per heavy atom. The summed E-state index contributed by atoms with van der Waals surface area (Å²) in [6, 6.07) is -0.639. The van der Waals surface area contributed by atoms with Gasteiger partial charge in [0.1, 0.15) is 18.0 Å². The number of esters is 1. The van der Waals surface area contributed by atoms with Crippen LogP contribution >= 0.6 is 11.8 Å². The number of thioether (sulfide) groups is 1. The van der Waals surface area contributed by atoms with E-state index in [9.17, 15) is 14.4 Å². The van der Waals surface area contributed by atoms with Crippen LogP contribution in [0.3, 0.4) is 0 Å². The van der Waals surface area contributed by atoms with E-state index in [0.717, 1.165) is 0 Å². The molecule has 0 spiro atoms. The van der Waals surface area contributed by atoms with Gasteiger partial charge in [0.15, 0.2) is 0 Å². The van der Waals surface area contributed by atoms with Crippen LogP contribution in [0.5, 0.6) is 0 Å². The molecule has 140 valence electrons. The van der Waals surface area contributed by atoms with Crippen molar-refractivity contribution in [1.82, 2.24) is 14.9 Å². The number of hydrogen-bond donors (Lipinski definition) is 4. The van der Waals surface area contributed by atoms with Gasteiger partial charge in [-0.1, -0.05) is 0 Å². The summed E-state index contributed by atoms with van der Waals surface area (Å²) in [6.45, 7) is 0.841. The highest BCUT2D eigenvalue weighted by molar-refractivity contribution is 8.00. The van der Waals surface area contributed by atoms with Gasteiger partial charge in [0.05, 0.1) is 12.3 Å². The second-order valence-electron chi connectivity index (χ2n) is 5.49. The summed E-state index contributed by atoms with van der Waals surface area (Å²) in [4.78, 5) is 42.5. The second-order valence-corrected chi connectivity index (χ2v) is 6.59. The number of nitrogens with zero attached hydrogens (tertiary/aromatic N) is 2. The average Bonchev–Trinajstić information content (AvgIpc) is 3.05. The summed E-state index contributed by atoms with van der Waals surface area (Å²) in [6.07, 6.45) is -0.0540. The van der Waals surface area contributed by atoms with Crippen molar-refractivity contribution in [2.45, 2.75) is 24.9 Å². The van der Waals surface area contributed by atoms with Crippen LogP contribution in [0.25, 0.3) is 0 Å². The van der Waals surface area contributed by atoms with Crippen molar-refractivity contribution in [3.05, 3.63) is 23.3 Å². The highest BCUT2D eigenvalue weighted by atomic mass is 32.2. The fraction of sp³-hybridized carbons (Fsp3) is 0.429. The van der Waals surface area contributed by atoms with Gasteiger partial charge in [-0.05, 0) is 0 Å². The molecule has 1 aromatic heterocycles. The largest absolute Gasteiger partial charge is 0.512 e. The molecule has 3 rings (SSSR count). The minimum Gasteiger partial charge on any atom is -0.461 e. The van der Waals surface area contributed by atoms with Crippen LogP contribution in [0.4, 0.5) is 10.7 Å². The predicted octanol–water partition coefficient (Wildman–Crippen LogP) is 0.0669. The normalized spacial score (nSPS) is 21.8. The van der Waals surface area contributed by atoms with E-state index in [1.54, 1.807) is 0 Å². The van der Waals surface area contributed by atoms with Gasteiger partial charge in [-0.2, -0.15) is 0 Å². The summed E-state index contributed by atoms with van der Waals surface area (Å²) in [7, 11) is 0. The maximum absolute atomic E-state index is 12.5.